The van der Waals surface area contributed by atoms with E-state index in [1.807, 2.05) is 0 Å². The first kappa shape index (κ1) is 11.5. The van der Waals surface area contributed by atoms with Crippen LogP contribution in [0.4, 0.5) is 13.2 Å². The molecule has 0 saturated heterocycles. The topological polar surface area (TPSA) is 44.1 Å². The maximum Gasteiger partial charge on any atom is 0.358 e. The molecule has 0 N–H and O–H groups in total. The minimum absolute atomic E-state index is 0.0426. The largest absolute Gasteiger partial charge is 0.464 e. The number of halogens is 3. The first-order valence-corrected chi connectivity index (χ1v) is 4.07. The van der Waals surface area contributed by atoms with Crippen LogP contribution in [-0.4, -0.2) is 35.2 Å². The lowest BCUT2D eigenvalue weighted by Crippen LogP contribution is -2.18. The second-order valence-corrected chi connectivity index (χ2v) is 2.80. The van der Waals surface area contributed by atoms with Crippen LogP contribution in [0.2, 0.25) is 0 Å². The summed E-state index contributed by atoms with van der Waals surface area (Å²) in [6, 6.07) is 0. The van der Waals surface area contributed by atoms with Crippen LogP contribution in [0.3, 0.4) is 0 Å². The van der Waals surface area contributed by atoms with E-state index in [0.717, 1.165) is 17.1 Å². The number of carbonyl (C=O) groups excluding carboxylic acids is 1. The Morgan fingerprint density at radius 1 is 1.60 bits per heavy atom. The van der Waals surface area contributed by atoms with Crippen molar-refractivity contribution in [2.24, 2.45) is 0 Å². The van der Waals surface area contributed by atoms with Crippen LogP contribution in [-0.2, 0) is 11.3 Å². The predicted octanol–water partition coefficient (Wildman–Crippen LogP) is 1.27. The molecule has 1 aromatic heterocycles. The average Bonchev–Trinajstić information content (AvgIpc) is 2.65. The summed E-state index contributed by atoms with van der Waals surface area (Å²) >= 11 is 0. The van der Waals surface area contributed by atoms with E-state index in [1.54, 1.807) is 0 Å². The maximum atomic E-state index is 12.6. The number of hydrogen-bond donors (Lipinski definition) is 0. The third-order valence-electron chi connectivity index (χ3n) is 1.69. The third kappa shape index (κ3) is 2.97. The fourth-order valence-electron chi connectivity index (χ4n) is 0.951. The van der Waals surface area contributed by atoms with Gasteiger partial charge in [-0.25, -0.2) is 22.9 Å². The summed E-state index contributed by atoms with van der Waals surface area (Å²) in [6.45, 7) is -0.540. The van der Waals surface area contributed by atoms with E-state index in [-0.39, 0.29) is 5.69 Å². The van der Waals surface area contributed by atoms with Crippen LogP contribution in [0.25, 0.3) is 0 Å². The molecule has 0 bridgehead atoms. The molecule has 15 heavy (non-hydrogen) atoms. The van der Waals surface area contributed by atoms with Crippen LogP contribution < -0.4 is 0 Å². The van der Waals surface area contributed by atoms with Gasteiger partial charge in [0, 0.05) is 6.20 Å². The number of nitrogens with zero attached hydrogens (tertiary/aromatic N) is 2. The highest BCUT2D eigenvalue weighted by Crippen LogP contribution is 2.09. The van der Waals surface area contributed by atoms with Gasteiger partial charge in [0.05, 0.1) is 20.0 Å². The molecule has 4 nitrogen and oxygen atoms in total. The van der Waals surface area contributed by atoms with Gasteiger partial charge in [0.15, 0.2) is 11.9 Å². The Bertz CT molecular complexity index is 340. The summed E-state index contributed by atoms with van der Waals surface area (Å²) in [5, 5.41) is 0. The van der Waals surface area contributed by atoms with Crippen LogP contribution >= 0.6 is 0 Å². The van der Waals surface area contributed by atoms with Gasteiger partial charge in [-0.1, -0.05) is 0 Å². The molecular formula is C8H9F3N2O2. The summed E-state index contributed by atoms with van der Waals surface area (Å²) in [5.74, 6) is -0.693. The van der Waals surface area contributed by atoms with Gasteiger partial charge >= 0.3 is 5.97 Å². The fraction of sp³-hybridized carbons (Fsp3) is 0.500. The van der Waals surface area contributed by atoms with Crippen molar-refractivity contribution in [3.05, 3.63) is 18.2 Å². The summed E-state index contributed by atoms with van der Waals surface area (Å²) in [7, 11) is 1.17. The highest BCUT2D eigenvalue weighted by Gasteiger charge is 2.20. The number of imidazole rings is 1. The molecule has 0 aliphatic rings. The van der Waals surface area contributed by atoms with E-state index >= 15 is 0 Å². The Labute approximate surface area is 83.7 Å². The van der Waals surface area contributed by atoms with Gasteiger partial charge < -0.3 is 9.30 Å². The number of rotatable bonds is 4. The lowest BCUT2D eigenvalue weighted by atomic mass is 10.4. The van der Waals surface area contributed by atoms with Gasteiger partial charge in [-0.15, -0.1) is 0 Å². The van der Waals surface area contributed by atoms with Crippen molar-refractivity contribution in [1.29, 1.82) is 0 Å². The molecule has 84 valence electrons. The molecule has 1 unspecified atom stereocenters. The molecule has 1 aromatic rings. The number of hydrogen-bond acceptors (Lipinski definition) is 3. The maximum absolute atomic E-state index is 12.6. The third-order valence-corrected chi connectivity index (χ3v) is 1.69. The van der Waals surface area contributed by atoms with Gasteiger partial charge in [0.25, 0.3) is 6.43 Å². The molecule has 1 rings (SSSR count). The quantitative estimate of drug-likeness (QED) is 0.720. The highest BCUT2D eigenvalue weighted by molar-refractivity contribution is 5.86. The highest BCUT2D eigenvalue weighted by atomic mass is 19.3. The molecule has 0 aliphatic heterocycles. The standard InChI is InChI=1S/C8H9F3N2O2/c1-15-8(14)6-3-13(4-12-6)2-5(9)7(10)11/h3-5,7H,2H2,1H3. The number of ether oxygens (including phenoxy) is 1. The molecule has 0 aromatic carbocycles. The predicted molar refractivity (Wildman–Crippen MR) is 44.5 cm³/mol. The van der Waals surface area contributed by atoms with E-state index < -0.39 is 25.1 Å². The zero-order chi connectivity index (χ0) is 11.4. The average molecular weight is 222 g/mol. The van der Waals surface area contributed by atoms with Crippen LogP contribution in [0.5, 0.6) is 0 Å². The van der Waals surface area contributed by atoms with E-state index in [4.69, 9.17) is 0 Å². The van der Waals surface area contributed by atoms with Crippen LogP contribution in [0.15, 0.2) is 12.5 Å². The molecule has 0 saturated carbocycles. The van der Waals surface area contributed by atoms with Gasteiger partial charge in [-0.2, -0.15) is 0 Å². The van der Waals surface area contributed by atoms with Crippen molar-refractivity contribution in [3.63, 3.8) is 0 Å². The van der Waals surface area contributed by atoms with Crippen molar-refractivity contribution in [1.82, 2.24) is 9.55 Å². The Hall–Kier alpha value is -1.53. The van der Waals surface area contributed by atoms with Crippen molar-refractivity contribution in [3.8, 4) is 0 Å². The lowest BCUT2D eigenvalue weighted by Gasteiger charge is -2.06. The molecular weight excluding hydrogens is 213 g/mol. The molecule has 1 heterocycles. The Balaban J connectivity index is 2.64. The molecule has 0 amide bonds. The summed E-state index contributed by atoms with van der Waals surface area (Å²) < 4.78 is 41.7. The second kappa shape index (κ2) is 4.81. The molecule has 0 aliphatic carbocycles. The summed E-state index contributed by atoms with van der Waals surface area (Å²) in [5.41, 5.74) is -0.0426. The zero-order valence-corrected chi connectivity index (χ0v) is 7.86. The van der Waals surface area contributed by atoms with Gasteiger partial charge in [-0.3, -0.25) is 0 Å². The first-order valence-electron chi connectivity index (χ1n) is 4.07. The summed E-state index contributed by atoms with van der Waals surface area (Å²) in [4.78, 5) is 14.5. The van der Waals surface area contributed by atoms with Gasteiger partial charge in [0.2, 0.25) is 0 Å². The Kier molecular flexibility index (Phi) is 3.70. The fourth-order valence-corrected chi connectivity index (χ4v) is 0.951. The zero-order valence-electron chi connectivity index (χ0n) is 7.86. The normalized spacial score (nSPS) is 12.9. The first-order chi connectivity index (χ1) is 7.04. The van der Waals surface area contributed by atoms with Gasteiger partial charge in [-0.05, 0) is 0 Å². The molecule has 0 spiro atoms. The number of methoxy groups -OCH3 is 1. The second-order valence-electron chi connectivity index (χ2n) is 2.80. The molecule has 0 fully saturated rings. The van der Waals surface area contributed by atoms with Crippen LogP contribution in [0, 0.1) is 0 Å². The van der Waals surface area contributed by atoms with E-state index in [1.165, 1.54) is 7.11 Å². The number of alkyl halides is 3. The number of aromatic nitrogens is 2. The van der Waals surface area contributed by atoms with E-state index in [0.29, 0.717) is 0 Å². The van der Waals surface area contributed by atoms with Crippen molar-refractivity contribution < 1.29 is 22.7 Å². The van der Waals surface area contributed by atoms with Crippen molar-refractivity contribution in [2.75, 3.05) is 7.11 Å². The van der Waals surface area contributed by atoms with Crippen molar-refractivity contribution in [2.45, 2.75) is 19.1 Å². The number of esters is 1. The van der Waals surface area contributed by atoms with E-state index in [2.05, 4.69) is 9.72 Å². The smallest absolute Gasteiger partial charge is 0.358 e. The molecule has 7 heteroatoms. The van der Waals surface area contributed by atoms with E-state index in [9.17, 15) is 18.0 Å². The molecule has 1 atom stereocenters. The SMILES string of the molecule is COC(=O)c1cn(CC(F)C(F)F)cn1. The Morgan fingerprint density at radius 3 is 2.80 bits per heavy atom. The Morgan fingerprint density at radius 2 is 2.27 bits per heavy atom. The minimum atomic E-state index is -3.05. The monoisotopic (exact) mass is 222 g/mol. The van der Waals surface area contributed by atoms with Gasteiger partial charge in [0.1, 0.15) is 0 Å². The lowest BCUT2D eigenvalue weighted by molar-refractivity contribution is 0.0406. The van der Waals surface area contributed by atoms with Crippen LogP contribution in [0.1, 0.15) is 10.5 Å². The minimum Gasteiger partial charge on any atom is -0.464 e. The molecule has 0 radical (unpaired) electrons. The van der Waals surface area contributed by atoms with Crippen molar-refractivity contribution >= 4 is 5.97 Å². The number of carbonyl (C=O) groups is 1. The summed E-state index contributed by atoms with van der Waals surface area (Å²) in [6.07, 6.45) is -3.07.